The quantitative estimate of drug-likeness (QED) is 0.842. The van der Waals surface area contributed by atoms with Crippen LogP contribution in [0.3, 0.4) is 0 Å². The van der Waals surface area contributed by atoms with Gasteiger partial charge in [-0.1, -0.05) is 23.5 Å². The molecule has 0 fully saturated rings. The Labute approximate surface area is 94.1 Å². The van der Waals surface area contributed by atoms with E-state index in [1.807, 2.05) is 0 Å². The standard InChI is InChI=1S/C10H9NO4S/c11-6(4-8(12)13)5-2-1-3-7-9(5)16-10(14)15-7/h1-3,6H,4,11H2,(H,12,13). The molecule has 1 unspecified atom stereocenters. The highest BCUT2D eigenvalue weighted by Gasteiger charge is 2.15. The number of hydrogen-bond acceptors (Lipinski definition) is 5. The average Bonchev–Trinajstić information content (AvgIpc) is 2.55. The van der Waals surface area contributed by atoms with E-state index in [1.54, 1.807) is 18.2 Å². The molecule has 0 spiro atoms. The zero-order chi connectivity index (χ0) is 11.7. The van der Waals surface area contributed by atoms with E-state index in [-0.39, 0.29) is 6.42 Å². The molecule has 0 saturated carbocycles. The molecule has 6 heteroatoms. The molecule has 0 amide bonds. The molecule has 84 valence electrons. The van der Waals surface area contributed by atoms with Gasteiger partial charge in [-0.2, -0.15) is 0 Å². The van der Waals surface area contributed by atoms with E-state index in [4.69, 9.17) is 15.3 Å². The fraction of sp³-hybridized carbons (Fsp3) is 0.200. The Morgan fingerprint density at radius 1 is 1.56 bits per heavy atom. The van der Waals surface area contributed by atoms with Crippen molar-refractivity contribution in [3.05, 3.63) is 33.5 Å². The second-order valence-electron chi connectivity index (χ2n) is 3.33. The molecule has 1 aromatic carbocycles. The predicted octanol–water partition coefficient (Wildman–Crippen LogP) is 1.33. The third kappa shape index (κ3) is 1.98. The van der Waals surface area contributed by atoms with E-state index in [1.165, 1.54) is 0 Å². The summed E-state index contributed by atoms with van der Waals surface area (Å²) in [5.41, 5.74) is 6.84. The van der Waals surface area contributed by atoms with Crippen molar-refractivity contribution in [2.45, 2.75) is 12.5 Å². The highest BCUT2D eigenvalue weighted by Crippen LogP contribution is 2.26. The van der Waals surface area contributed by atoms with E-state index in [0.29, 0.717) is 15.8 Å². The molecule has 0 aliphatic rings. The molecule has 2 aromatic rings. The van der Waals surface area contributed by atoms with Crippen LogP contribution in [-0.2, 0) is 4.79 Å². The molecule has 1 heterocycles. The van der Waals surface area contributed by atoms with Gasteiger partial charge in [0.1, 0.15) is 5.58 Å². The van der Waals surface area contributed by atoms with E-state index in [0.717, 1.165) is 11.3 Å². The largest absolute Gasteiger partial charge is 0.481 e. The van der Waals surface area contributed by atoms with Crippen LogP contribution in [0, 0.1) is 0 Å². The monoisotopic (exact) mass is 239 g/mol. The highest BCUT2D eigenvalue weighted by atomic mass is 32.1. The van der Waals surface area contributed by atoms with Crippen molar-refractivity contribution in [2.75, 3.05) is 0 Å². The average molecular weight is 239 g/mol. The fourth-order valence-electron chi connectivity index (χ4n) is 1.51. The van der Waals surface area contributed by atoms with Gasteiger partial charge in [-0.25, -0.2) is 4.79 Å². The number of carboxylic acid groups (broad SMARTS) is 1. The highest BCUT2D eigenvalue weighted by molar-refractivity contribution is 7.16. The number of aliphatic carboxylic acids is 1. The Balaban J connectivity index is 2.51. The van der Waals surface area contributed by atoms with Gasteiger partial charge < -0.3 is 15.3 Å². The summed E-state index contributed by atoms with van der Waals surface area (Å²) in [5, 5.41) is 8.66. The maximum absolute atomic E-state index is 11.1. The van der Waals surface area contributed by atoms with Gasteiger partial charge in [0.15, 0.2) is 0 Å². The third-order valence-corrected chi connectivity index (χ3v) is 3.07. The summed E-state index contributed by atoms with van der Waals surface area (Å²) in [6.07, 6.45) is -0.175. The smallest absolute Gasteiger partial charge is 0.396 e. The molecule has 3 N–H and O–H groups in total. The third-order valence-electron chi connectivity index (χ3n) is 2.18. The zero-order valence-electron chi connectivity index (χ0n) is 8.17. The zero-order valence-corrected chi connectivity index (χ0v) is 8.99. The van der Waals surface area contributed by atoms with Crippen LogP contribution in [0.15, 0.2) is 27.4 Å². The van der Waals surface area contributed by atoms with Crippen molar-refractivity contribution in [3.8, 4) is 0 Å². The number of fused-ring (bicyclic) bond motifs is 1. The Morgan fingerprint density at radius 2 is 2.31 bits per heavy atom. The topological polar surface area (TPSA) is 93.5 Å². The van der Waals surface area contributed by atoms with Crippen LogP contribution in [0.5, 0.6) is 0 Å². The second kappa shape index (κ2) is 4.07. The van der Waals surface area contributed by atoms with Gasteiger partial charge >= 0.3 is 10.9 Å². The molecule has 5 nitrogen and oxygen atoms in total. The van der Waals surface area contributed by atoms with E-state index >= 15 is 0 Å². The second-order valence-corrected chi connectivity index (χ2v) is 4.28. The first-order valence-electron chi connectivity index (χ1n) is 4.58. The van der Waals surface area contributed by atoms with E-state index in [9.17, 15) is 9.59 Å². The summed E-state index contributed by atoms with van der Waals surface area (Å²) < 4.78 is 5.55. The van der Waals surface area contributed by atoms with Gasteiger partial charge in [-0.05, 0) is 11.6 Å². The summed E-state index contributed by atoms with van der Waals surface area (Å²) in [5.74, 6) is -0.972. The summed E-state index contributed by atoms with van der Waals surface area (Å²) >= 11 is 0.939. The lowest BCUT2D eigenvalue weighted by atomic mass is 10.0. The van der Waals surface area contributed by atoms with Crippen LogP contribution in [-0.4, -0.2) is 11.1 Å². The van der Waals surface area contributed by atoms with E-state index in [2.05, 4.69) is 0 Å². The Morgan fingerprint density at radius 3 is 3.00 bits per heavy atom. The molecule has 0 aliphatic heterocycles. The van der Waals surface area contributed by atoms with Crippen molar-refractivity contribution >= 4 is 27.6 Å². The first kappa shape index (κ1) is 10.8. The maximum Gasteiger partial charge on any atom is 0.396 e. The van der Waals surface area contributed by atoms with Crippen LogP contribution in [0.25, 0.3) is 10.3 Å². The SMILES string of the molecule is NC(CC(=O)O)c1cccc2oc(=O)sc12. The molecule has 1 atom stereocenters. The molecule has 0 radical (unpaired) electrons. The van der Waals surface area contributed by atoms with Crippen LogP contribution in [0.2, 0.25) is 0 Å². The maximum atomic E-state index is 11.1. The number of carbonyl (C=O) groups is 1. The first-order chi connectivity index (χ1) is 7.58. The van der Waals surface area contributed by atoms with Crippen molar-refractivity contribution in [2.24, 2.45) is 5.73 Å². The van der Waals surface area contributed by atoms with Crippen LogP contribution in [0.1, 0.15) is 18.0 Å². The van der Waals surface area contributed by atoms with Crippen LogP contribution in [0.4, 0.5) is 0 Å². The summed E-state index contributed by atoms with van der Waals surface area (Å²) in [7, 11) is 0. The molecular formula is C10H9NO4S. The van der Waals surface area contributed by atoms with E-state index < -0.39 is 17.0 Å². The number of nitrogens with two attached hydrogens (primary N) is 1. The summed E-state index contributed by atoms with van der Waals surface area (Å²) in [4.78, 5) is 21.2. The molecule has 16 heavy (non-hydrogen) atoms. The predicted molar refractivity (Wildman–Crippen MR) is 59.5 cm³/mol. The van der Waals surface area contributed by atoms with Gasteiger partial charge in [-0.3, -0.25) is 4.79 Å². The van der Waals surface area contributed by atoms with Crippen molar-refractivity contribution in [1.82, 2.24) is 0 Å². The molecular weight excluding hydrogens is 230 g/mol. The van der Waals surface area contributed by atoms with Gasteiger partial charge in [-0.15, -0.1) is 0 Å². The minimum atomic E-state index is -0.972. The molecule has 1 aromatic heterocycles. The number of benzene rings is 1. The number of hydrogen-bond donors (Lipinski definition) is 2. The minimum absolute atomic E-state index is 0.175. The van der Waals surface area contributed by atoms with Crippen LogP contribution < -0.4 is 10.7 Å². The van der Waals surface area contributed by atoms with Gasteiger partial charge in [0.2, 0.25) is 0 Å². The Hall–Kier alpha value is -1.66. The van der Waals surface area contributed by atoms with Gasteiger partial charge in [0.05, 0.1) is 11.1 Å². The lowest BCUT2D eigenvalue weighted by molar-refractivity contribution is -0.137. The minimum Gasteiger partial charge on any atom is -0.481 e. The lowest BCUT2D eigenvalue weighted by Crippen LogP contribution is -2.14. The lowest BCUT2D eigenvalue weighted by Gasteiger charge is -2.09. The first-order valence-corrected chi connectivity index (χ1v) is 5.39. The van der Waals surface area contributed by atoms with Crippen LogP contribution >= 0.6 is 11.3 Å². The summed E-state index contributed by atoms with van der Waals surface area (Å²) in [6.45, 7) is 0. The van der Waals surface area contributed by atoms with Crippen molar-refractivity contribution in [1.29, 1.82) is 0 Å². The number of carboxylic acids is 1. The molecule has 2 rings (SSSR count). The van der Waals surface area contributed by atoms with Gasteiger partial charge in [0.25, 0.3) is 0 Å². The van der Waals surface area contributed by atoms with Crippen molar-refractivity contribution < 1.29 is 14.3 Å². The number of rotatable bonds is 3. The van der Waals surface area contributed by atoms with Gasteiger partial charge in [0, 0.05) is 6.04 Å². The molecule has 0 bridgehead atoms. The molecule has 0 aliphatic carbocycles. The Kier molecular flexibility index (Phi) is 2.76. The summed E-state index contributed by atoms with van der Waals surface area (Å²) in [6, 6.07) is 4.43. The van der Waals surface area contributed by atoms with Crippen molar-refractivity contribution in [3.63, 3.8) is 0 Å². The Bertz CT molecular complexity index is 586. The fourth-order valence-corrected chi connectivity index (χ4v) is 2.35. The molecule has 0 saturated heterocycles. The normalized spacial score (nSPS) is 12.8.